The minimum atomic E-state index is -0.979. The molecule has 1 aliphatic carbocycles. The van der Waals surface area contributed by atoms with E-state index in [1.165, 1.54) is 18.5 Å². The molecule has 1 aromatic heterocycles. The highest BCUT2D eigenvalue weighted by atomic mass is 16.6. The Morgan fingerprint density at radius 3 is 2.53 bits per heavy atom. The van der Waals surface area contributed by atoms with Gasteiger partial charge in [-0.2, -0.15) is 5.10 Å². The molecule has 0 bridgehead atoms. The highest BCUT2D eigenvalue weighted by molar-refractivity contribution is 5.73. The Hall–Kier alpha value is -1.92. The molecule has 1 aromatic rings. The highest BCUT2D eigenvalue weighted by Gasteiger charge is 2.40. The SMILES string of the molecule is Cc1nn(C(C(=O)O)C2CC2)c(C)c1[N+](=O)[O-]. The first-order chi connectivity index (χ1) is 7.93. The summed E-state index contributed by atoms with van der Waals surface area (Å²) in [6.45, 7) is 3.06. The first-order valence-corrected chi connectivity index (χ1v) is 5.36. The molecular weight excluding hydrogens is 226 g/mol. The van der Waals surface area contributed by atoms with Crippen LogP contribution in [0.5, 0.6) is 0 Å². The molecule has 0 saturated heterocycles. The standard InChI is InChI=1S/C10H13N3O4/c1-5-8(13(16)17)6(2)12(11-5)9(10(14)15)7-3-4-7/h7,9H,3-4H2,1-2H3,(H,14,15). The summed E-state index contributed by atoms with van der Waals surface area (Å²) in [5.74, 6) is -0.932. The van der Waals surface area contributed by atoms with E-state index in [-0.39, 0.29) is 17.3 Å². The van der Waals surface area contributed by atoms with E-state index in [0.717, 1.165) is 12.8 Å². The van der Waals surface area contributed by atoms with Crippen molar-refractivity contribution in [1.29, 1.82) is 0 Å². The van der Waals surface area contributed by atoms with E-state index in [4.69, 9.17) is 5.11 Å². The normalized spacial score (nSPS) is 16.8. The van der Waals surface area contributed by atoms with Crippen LogP contribution in [0.4, 0.5) is 5.69 Å². The Bertz CT molecular complexity index is 490. The van der Waals surface area contributed by atoms with E-state index in [9.17, 15) is 14.9 Å². The zero-order valence-electron chi connectivity index (χ0n) is 9.58. The molecule has 1 aliphatic rings. The van der Waals surface area contributed by atoms with Gasteiger partial charge in [0.1, 0.15) is 11.4 Å². The number of hydrogen-bond donors (Lipinski definition) is 1. The summed E-state index contributed by atoms with van der Waals surface area (Å²) in [5.41, 5.74) is 0.489. The molecule has 7 heteroatoms. The number of aliphatic carboxylic acids is 1. The van der Waals surface area contributed by atoms with Gasteiger partial charge in [0.05, 0.1) is 4.92 Å². The maximum absolute atomic E-state index is 11.2. The fourth-order valence-electron chi connectivity index (χ4n) is 2.11. The lowest BCUT2D eigenvalue weighted by Crippen LogP contribution is -2.23. The van der Waals surface area contributed by atoms with Crippen molar-refractivity contribution >= 4 is 11.7 Å². The van der Waals surface area contributed by atoms with Gasteiger partial charge in [0.15, 0.2) is 6.04 Å². The fraction of sp³-hybridized carbons (Fsp3) is 0.600. The molecule has 2 rings (SSSR count). The zero-order chi connectivity index (χ0) is 12.7. The highest BCUT2D eigenvalue weighted by Crippen LogP contribution is 2.41. The number of nitro groups is 1. The minimum absolute atomic E-state index is 0.0464. The molecule has 0 radical (unpaired) electrons. The van der Waals surface area contributed by atoms with Crippen molar-refractivity contribution in [2.45, 2.75) is 32.7 Å². The molecule has 7 nitrogen and oxygen atoms in total. The van der Waals surface area contributed by atoms with Crippen molar-refractivity contribution in [3.63, 3.8) is 0 Å². The predicted molar refractivity (Wildman–Crippen MR) is 57.8 cm³/mol. The molecule has 1 fully saturated rings. The maximum atomic E-state index is 11.2. The van der Waals surface area contributed by atoms with Gasteiger partial charge >= 0.3 is 11.7 Å². The summed E-state index contributed by atoms with van der Waals surface area (Å²) >= 11 is 0. The number of hydrogen-bond acceptors (Lipinski definition) is 4. The van der Waals surface area contributed by atoms with Gasteiger partial charge in [0, 0.05) is 0 Å². The van der Waals surface area contributed by atoms with E-state index in [1.54, 1.807) is 0 Å². The third-order valence-electron chi connectivity index (χ3n) is 3.05. The third-order valence-corrected chi connectivity index (χ3v) is 3.05. The van der Waals surface area contributed by atoms with Gasteiger partial charge in [-0.15, -0.1) is 0 Å². The molecule has 0 aromatic carbocycles. The first kappa shape index (κ1) is 11.6. The molecule has 92 valence electrons. The molecule has 17 heavy (non-hydrogen) atoms. The second kappa shape index (κ2) is 3.83. The van der Waals surface area contributed by atoms with Crippen molar-refractivity contribution in [3.8, 4) is 0 Å². The number of rotatable bonds is 4. The fourth-order valence-corrected chi connectivity index (χ4v) is 2.11. The summed E-state index contributed by atoms with van der Waals surface area (Å²) in [4.78, 5) is 21.5. The van der Waals surface area contributed by atoms with Crippen LogP contribution in [0, 0.1) is 29.9 Å². The number of aromatic nitrogens is 2. The lowest BCUT2D eigenvalue weighted by atomic mass is 10.2. The van der Waals surface area contributed by atoms with Gasteiger partial charge in [-0.3, -0.25) is 10.1 Å². The molecule has 0 amide bonds. The Kier molecular flexibility index (Phi) is 2.60. The number of carboxylic acid groups (broad SMARTS) is 1. The summed E-state index contributed by atoms with van der Waals surface area (Å²) < 4.78 is 1.29. The zero-order valence-corrected chi connectivity index (χ0v) is 9.58. The molecule has 1 heterocycles. The minimum Gasteiger partial charge on any atom is -0.480 e. The summed E-state index contributed by atoms with van der Waals surface area (Å²) in [6.07, 6.45) is 1.67. The summed E-state index contributed by atoms with van der Waals surface area (Å²) in [5, 5.41) is 24.0. The quantitative estimate of drug-likeness (QED) is 0.633. The van der Waals surface area contributed by atoms with E-state index < -0.39 is 16.9 Å². The monoisotopic (exact) mass is 239 g/mol. The molecule has 1 saturated carbocycles. The molecule has 1 unspecified atom stereocenters. The average molecular weight is 239 g/mol. The molecule has 0 aliphatic heterocycles. The summed E-state index contributed by atoms with van der Waals surface area (Å²) in [6, 6.07) is -0.776. The van der Waals surface area contributed by atoms with Crippen LogP contribution in [-0.4, -0.2) is 25.8 Å². The number of aryl methyl sites for hydroxylation is 1. The van der Waals surface area contributed by atoms with Crippen molar-refractivity contribution in [2.24, 2.45) is 5.92 Å². The van der Waals surface area contributed by atoms with Gasteiger partial charge in [-0.05, 0) is 32.6 Å². The second-order valence-electron chi connectivity index (χ2n) is 4.34. The van der Waals surface area contributed by atoms with Crippen LogP contribution in [0.15, 0.2) is 0 Å². The van der Waals surface area contributed by atoms with Crippen LogP contribution in [-0.2, 0) is 4.79 Å². The van der Waals surface area contributed by atoms with Crippen LogP contribution >= 0.6 is 0 Å². The Labute approximate surface area is 97.2 Å². The number of carbonyl (C=O) groups is 1. The van der Waals surface area contributed by atoms with Gasteiger partial charge in [-0.25, -0.2) is 9.48 Å². The van der Waals surface area contributed by atoms with Crippen molar-refractivity contribution in [1.82, 2.24) is 9.78 Å². The molecule has 0 spiro atoms. The van der Waals surface area contributed by atoms with Crippen LogP contribution in [0.3, 0.4) is 0 Å². The van der Waals surface area contributed by atoms with E-state index in [2.05, 4.69) is 5.10 Å². The Morgan fingerprint density at radius 1 is 1.59 bits per heavy atom. The molecule has 1 atom stereocenters. The lowest BCUT2D eigenvalue weighted by molar-refractivity contribution is -0.386. The largest absolute Gasteiger partial charge is 0.480 e. The number of nitrogens with zero attached hydrogens (tertiary/aromatic N) is 3. The van der Waals surface area contributed by atoms with Crippen LogP contribution < -0.4 is 0 Å². The topological polar surface area (TPSA) is 98.3 Å². The van der Waals surface area contributed by atoms with Gasteiger partial charge in [-0.1, -0.05) is 0 Å². The van der Waals surface area contributed by atoms with Gasteiger partial charge < -0.3 is 5.11 Å². The van der Waals surface area contributed by atoms with Gasteiger partial charge in [0.25, 0.3) is 0 Å². The first-order valence-electron chi connectivity index (χ1n) is 5.36. The third kappa shape index (κ3) is 1.88. The van der Waals surface area contributed by atoms with E-state index in [1.807, 2.05) is 0 Å². The van der Waals surface area contributed by atoms with Crippen LogP contribution in [0.25, 0.3) is 0 Å². The Balaban J connectivity index is 2.48. The van der Waals surface area contributed by atoms with Crippen molar-refractivity contribution in [3.05, 3.63) is 21.5 Å². The van der Waals surface area contributed by atoms with Crippen molar-refractivity contribution < 1.29 is 14.8 Å². The lowest BCUT2D eigenvalue weighted by Gasteiger charge is -2.12. The Morgan fingerprint density at radius 2 is 2.18 bits per heavy atom. The smallest absolute Gasteiger partial charge is 0.328 e. The van der Waals surface area contributed by atoms with Crippen LogP contribution in [0.2, 0.25) is 0 Å². The molecule has 1 N–H and O–H groups in total. The average Bonchev–Trinajstić information content (AvgIpc) is 2.95. The number of carboxylic acids is 1. The van der Waals surface area contributed by atoms with Gasteiger partial charge in [0.2, 0.25) is 0 Å². The van der Waals surface area contributed by atoms with Crippen LogP contribution in [0.1, 0.15) is 30.3 Å². The maximum Gasteiger partial charge on any atom is 0.328 e. The second-order valence-corrected chi connectivity index (χ2v) is 4.34. The van der Waals surface area contributed by atoms with E-state index in [0.29, 0.717) is 5.69 Å². The van der Waals surface area contributed by atoms with E-state index >= 15 is 0 Å². The van der Waals surface area contributed by atoms with Crippen molar-refractivity contribution in [2.75, 3.05) is 0 Å². The summed E-state index contributed by atoms with van der Waals surface area (Å²) in [7, 11) is 0. The molecular formula is C10H13N3O4. The predicted octanol–water partition coefficient (Wildman–Crippen LogP) is 1.44.